The van der Waals surface area contributed by atoms with E-state index in [4.69, 9.17) is 17.3 Å². The summed E-state index contributed by atoms with van der Waals surface area (Å²) >= 11 is 6.10. The summed E-state index contributed by atoms with van der Waals surface area (Å²) in [7, 11) is 0. The number of benzene rings is 1. The van der Waals surface area contributed by atoms with Crippen LogP contribution in [-0.4, -0.2) is 16.1 Å². The summed E-state index contributed by atoms with van der Waals surface area (Å²) in [6, 6.07) is 5.86. The second kappa shape index (κ2) is 4.68. The molecule has 0 saturated carbocycles. The van der Waals surface area contributed by atoms with Crippen molar-refractivity contribution in [3.8, 4) is 5.69 Å². The highest BCUT2D eigenvalue weighted by atomic mass is 35.5. The van der Waals surface area contributed by atoms with E-state index in [0.29, 0.717) is 6.54 Å². The van der Waals surface area contributed by atoms with Crippen molar-refractivity contribution in [2.24, 2.45) is 5.73 Å². The van der Waals surface area contributed by atoms with Crippen molar-refractivity contribution in [1.82, 2.24) is 9.55 Å². The molecule has 3 nitrogen and oxygen atoms in total. The molecule has 0 bridgehead atoms. The molecule has 1 aromatic carbocycles. The number of nitrogens with two attached hydrogens (primary N) is 1. The highest BCUT2D eigenvalue weighted by molar-refractivity contribution is 6.31. The van der Waals surface area contributed by atoms with Gasteiger partial charge in [-0.1, -0.05) is 17.7 Å². The van der Waals surface area contributed by atoms with Crippen LogP contribution >= 0.6 is 11.6 Å². The van der Waals surface area contributed by atoms with Gasteiger partial charge in [-0.25, -0.2) is 4.98 Å². The molecule has 0 aliphatic heterocycles. The van der Waals surface area contributed by atoms with Crippen LogP contribution in [0.3, 0.4) is 0 Å². The van der Waals surface area contributed by atoms with Crippen LogP contribution in [0.4, 0.5) is 0 Å². The number of hydrogen-bond donors (Lipinski definition) is 1. The lowest BCUT2D eigenvalue weighted by Gasteiger charge is -2.11. The maximum Gasteiger partial charge on any atom is 0.114 e. The van der Waals surface area contributed by atoms with E-state index in [1.54, 1.807) is 6.20 Å². The predicted molar refractivity (Wildman–Crippen MR) is 66.1 cm³/mol. The molecule has 1 aromatic heterocycles. The smallest absolute Gasteiger partial charge is 0.114 e. The van der Waals surface area contributed by atoms with Crippen LogP contribution in [0.15, 0.2) is 30.6 Å². The van der Waals surface area contributed by atoms with Crippen molar-refractivity contribution < 1.29 is 0 Å². The van der Waals surface area contributed by atoms with E-state index in [1.165, 1.54) is 0 Å². The number of imidazole rings is 1. The Morgan fingerprint density at radius 2 is 2.25 bits per heavy atom. The molecule has 0 fully saturated rings. The molecule has 0 aliphatic carbocycles. The van der Waals surface area contributed by atoms with Crippen molar-refractivity contribution in [2.45, 2.75) is 13.3 Å². The standard InChI is InChI=1S/C12H14ClN3/c1-9-10(13)3-2-4-11(9)16-8-7-15-12(16)5-6-14/h2-4,7-8H,5-6,14H2,1H3. The molecule has 0 saturated heterocycles. The Balaban J connectivity index is 2.50. The minimum absolute atomic E-state index is 0.594. The third kappa shape index (κ3) is 1.96. The lowest BCUT2D eigenvalue weighted by atomic mass is 10.2. The lowest BCUT2D eigenvalue weighted by Crippen LogP contribution is -2.09. The fraction of sp³-hybridized carbons (Fsp3) is 0.250. The molecule has 0 atom stereocenters. The van der Waals surface area contributed by atoms with E-state index in [9.17, 15) is 0 Å². The maximum atomic E-state index is 6.10. The Bertz CT molecular complexity index is 491. The summed E-state index contributed by atoms with van der Waals surface area (Å²) in [5.41, 5.74) is 7.67. The van der Waals surface area contributed by atoms with E-state index < -0.39 is 0 Å². The molecule has 0 unspecified atom stereocenters. The first-order valence-corrected chi connectivity index (χ1v) is 5.59. The molecule has 84 valence electrons. The first-order chi connectivity index (χ1) is 7.74. The van der Waals surface area contributed by atoms with Crippen molar-refractivity contribution in [1.29, 1.82) is 0 Å². The molecular weight excluding hydrogens is 222 g/mol. The molecule has 2 N–H and O–H groups in total. The van der Waals surface area contributed by atoms with Crippen LogP contribution in [0.25, 0.3) is 5.69 Å². The number of rotatable bonds is 3. The van der Waals surface area contributed by atoms with E-state index in [0.717, 1.165) is 28.5 Å². The summed E-state index contributed by atoms with van der Waals surface area (Å²) in [5.74, 6) is 0.966. The highest BCUT2D eigenvalue weighted by Crippen LogP contribution is 2.22. The Hall–Kier alpha value is -1.32. The van der Waals surface area contributed by atoms with Crippen molar-refractivity contribution in [2.75, 3.05) is 6.54 Å². The van der Waals surface area contributed by atoms with Crippen LogP contribution in [0.1, 0.15) is 11.4 Å². The number of hydrogen-bond acceptors (Lipinski definition) is 2. The largest absolute Gasteiger partial charge is 0.330 e. The zero-order valence-corrected chi connectivity index (χ0v) is 9.91. The molecule has 2 rings (SSSR count). The SMILES string of the molecule is Cc1c(Cl)cccc1-n1ccnc1CCN. The van der Waals surface area contributed by atoms with E-state index in [1.807, 2.05) is 35.9 Å². The molecule has 0 aliphatic rings. The van der Waals surface area contributed by atoms with E-state index in [-0.39, 0.29) is 0 Å². The van der Waals surface area contributed by atoms with Gasteiger partial charge in [-0.3, -0.25) is 0 Å². The highest BCUT2D eigenvalue weighted by Gasteiger charge is 2.08. The number of aromatic nitrogens is 2. The fourth-order valence-corrected chi connectivity index (χ4v) is 1.89. The molecular formula is C12H14ClN3. The second-order valence-corrected chi connectivity index (χ2v) is 4.04. The van der Waals surface area contributed by atoms with Gasteiger partial charge < -0.3 is 10.3 Å². The minimum atomic E-state index is 0.594. The molecule has 1 heterocycles. The number of halogens is 1. The summed E-state index contributed by atoms with van der Waals surface area (Å²) in [4.78, 5) is 4.29. The van der Waals surface area contributed by atoms with Crippen molar-refractivity contribution in [3.05, 3.63) is 47.0 Å². The van der Waals surface area contributed by atoms with E-state index >= 15 is 0 Å². The lowest BCUT2D eigenvalue weighted by molar-refractivity contribution is 0.834. The Morgan fingerprint density at radius 1 is 1.44 bits per heavy atom. The van der Waals surface area contributed by atoms with Crippen molar-refractivity contribution in [3.63, 3.8) is 0 Å². The average Bonchev–Trinajstić information content (AvgIpc) is 2.71. The summed E-state index contributed by atoms with van der Waals surface area (Å²) < 4.78 is 2.04. The molecule has 2 aromatic rings. The summed E-state index contributed by atoms with van der Waals surface area (Å²) in [6.07, 6.45) is 4.48. The molecule has 0 amide bonds. The third-order valence-electron chi connectivity index (χ3n) is 2.58. The van der Waals surface area contributed by atoms with E-state index in [2.05, 4.69) is 4.98 Å². The number of nitrogens with zero attached hydrogens (tertiary/aromatic N) is 2. The van der Waals surface area contributed by atoms with Crippen LogP contribution in [0.2, 0.25) is 5.02 Å². The topological polar surface area (TPSA) is 43.8 Å². The average molecular weight is 236 g/mol. The van der Waals surface area contributed by atoms with Crippen molar-refractivity contribution >= 4 is 11.6 Å². The summed E-state index contributed by atoms with van der Waals surface area (Å²) in [6.45, 7) is 2.60. The Labute approximate surface area is 99.9 Å². The zero-order chi connectivity index (χ0) is 11.5. The van der Waals surface area contributed by atoms with Gasteiger partial charge in [-0.15, -0.1) is 0 Å². The summed E-state index contributed by atoms with van der Waals surface area (Å²) in [5, 5.41) is 0.768. The van der Waals surface area contributed by atoms with Crippen LogP contribution in [-0.2, 0) is 6.42 Å². The molecule has 0 spiro atoms. The quantitative estimate of drug-likeness (QED) is 0.888. The van der Waals surface area contributed by atoms with Gasteiger partial charge in [-0.05, 0) is 31.2 Å². The molecule has 4 heteroatoms. The van der Waals surface area contributed by atoms with Gasteiger partial charge in [0, 0.05) is 23.8 Å². The third-order valence-corrected chi connectivity index (χ3v) is 2.99. The normalized spacial score (nSPS) is 10.7. The van der Waals surface area contributed by atoms with Gasteiger partial charge in [-0.2, -0.15) is 0 Å². The minimum Gasteiger partial charge on any atom is -0.330 e. The molecule has 16 heavy (non-hydrogen) atoms. The van der Waals surface area contributed by atoms with Gasteiger partial charge in [0.25, 0.3) is 0 Å². The van der Waals surface area contributed by atoms with Crippen LogP contribution in [0.5, 0.6) is 0 Å². The predicted octanol–water partition coefficient (Wildman–Crippen LogP) is 2.34. The Kier molecular flexibility index (Phi) is 3.27. The Morgan fingerprint density at radius 3 is 3.00 bits per heavy atom. The van der Waals surface area contributed by atoms with Crippen LogP contribution < -0.4 is 5.73 Å². The monoisotopic (exact) mass is 235 g/mol. The zero-order valence-electron chi connectivity index (χ0n) is 9.15. The van der Waals surface area contributed by atoms with Gasteiger partial charge in [0.05, 0.1) is 5.69 Å². The van der Waals surface area contributed by atoms with Gasteiger partial charge >= 0.3 is 0 Å². The van der Waals surface area contributed by atoms with Gasteiger partial charge in [0.2, 0.25) is 0 Å². The first-order valence-electron chi connectivity index (χ1n) is 5.22. The first kappa shape index (κ1) is 11.2. The van der Waals surface area contributed by atoms with Gasteiger partial charge in [0.1, 0.15) is 5.82 Å². The second-order valence-electron chi connectivity index (χ2n) is 3.64. The maximum absolute atomic E-state index is 6.10. The van der Waals surface area contributed by atoms with Crippen LogP contribution in [0, 0.1) is 6.92 Å². The molecule has 0 radical (unpaired) electrons. The van der Waals surface area contributed by atoms with Gasteiger partial charge in [0.15, 0.2) is 0 Å². The fourth-order valence-electron chi connectivity index (χ4n) is 1.72.